The van der Waals surface area contributed by atoms with Gasteiger partial charge in [0, 0.05) is 23.5 Å². The Labute approximate surface area is 185 Å². The van der Waals surface area contributed by atoms with Crippen LogP contribution in [-0.2, 0) is 6.54 Å². The maximum Gasteiger partial charge on any atom is 0.192 e. The molecule has 2 aromatic heterocycles. The van der Waals surface area contributed by atoms with Gasteiger partial charge in [0.2, 0.25) is 0 Å². The van der Waals surface area contributed by atoms with Crippen LogP contribution in [0.15, 0.2) is 84.3 Å². The molecule has 0 spiro atoms. The monoisotopic (exact) mass is 430 g/mol. The van der Waals surface area contributed by atoms with Crippen molar-refractivity contribution in [3.05, 3.63) is 90.3 Å². The minimum Gasteiger partial charge on any atom is -0.494 e. The van der Waals surface area contributed by atoms with Crippen molar-refractivity contribution in [2.45, 2.75) is 18.6 Å². The van der Waals surface area contributed by atoms with E-state index in [1.54, 1.807) is 24.5 Å². The number of hydrogen-bond donors (Lipinski definition) is 0. The molecule has 4 rings (SSSR count). The van der Waals surface area contributed by atoms with Gasteiger partial charge in [-0.15, -0.1) is 10.2 Å². The van der Waals surface area contributed by atoms with E-state index in [2.05, 4.69) is 27.3 Å². The molecule has 0 saturated heterocycles. The van der Waals surface area contributed by atoms with Gasteiger partial charge in [-0.3, -0.25) is 14.3 Å². The molecule has 0 bridgehead atoms. The molecule has 31 heavy (non-hydrogen) atoms. The summed E-state index contributed by atoms with van der Waals surface area (Å²) in [7, 11) is 0. The molecule has 4 aromatic rings. The summed E-state index contributed by atoms with van der Waals surface area (Å²) in [6.07, 6.45) is 3.50. The predicted octanol–water partition coefficient (Wildman–Crippen LogP) is 4.76. The van der Waals surface area contributed by atoms with Gasteiger partial charge in [-0.2, -0.15) is 0 Å². The van der Waals surface area contributed by atoms with Crippen molar-refractivity contribution < 1.29 is 9.53 Å². The highest BCUT2D eigenvalue weighted by atomic mass is 32.2. The minimum atomic E-state index is 0.0326. The summed E-state index contributed by atoms with van der Waals surface area (Å²) >= 11 is 1.39. The first-order chi connectivity index (χ1) is 15.2. The van der Waals surface area contributed by atoms with Crippen molar-refractivity contribution in [1.29, 1.82) is 0 Å². The number of carbonyl (C=O) groups excluding carboxylic acids is 1. The van der Waals surface area contributed by atoms with Crippen LogP contribution in [0.2, 0.25) is 0 Å². The van der Waals surface area contributed by atoms with Crippen molar-refractivity contribution in [2.24, 2.45) is 0 Å². The highest BCUT2D eigenvalue weighted by Gasteiger charge is 2.17. The number of Topliss-reactive ketones (excluding diaryl/α,β-unsaturated/α-hetero) is 1. The van der Waals surface area contributed by atoms with Gasteiger partial charge in [-0.05, 0) is 48.9 Å². The van der Waals surface area contributed by atoms with Gasteiger partial charge < -0.3 is 4.74 Å². The molecule has 0 unspecified atom stereocenters. The first kappa shape index (κ1) is 20.8. The predicted molar refractivity (Wildman–Crippen MR) is 121 cm³/mol. The second kappa shape index (κ2) is 10.0. The molecule has 0 aliphatic rings. The molecule has 0 amide bonds. The normalized spacial score (nSPS) is 10.7. The van der Waals surface area contributed by atoms with Crippen LogP contribution in [0.4, 0.5) is 0 Å². The number of benzene rings is 2. The molecule has 0 aliphatic heterocycles. The third-order valence-corrected chi connectivity index (χ3v) is 5.61. The smallest absolute Gasteiger partial charge is 0.192 e. The van der Waals surface area contributed by atoms with Crippen LogP contribution in [-0.4, -0.2) is 37.9 Å². The van der Waals surface area contributed by atoms with E-state index in [1.807, 2.05) is 54.0 Å². The Hall–Kier alpha value is -3.45. The van der Waals surface area contributed by atoms with Gasteiger partial charge in [0.25, 0.3) is 0 Å². The zero-order valence-electron chi connectivity index (χ0n) is 17.1. The van der Waals surface area contributed by atoms with Gasteiger partial charge in [0.05, 0.1) is 18.9 Å². The summed E-state index contributed by atoms with van der Waals surface area (Å²) in [4.78, 5) is 16.9. The number of hydrogen-bond acceptors (Lipinski definition) is 6. The van der Waals surface area contributed by atoms with Crippen LogP contribution in [0.1, 0.15) is 22.8 Å². The molecule has 2 aromatic carbocycles. The lowest BCUT2D eigenvalue weighted by Crippen LogP contribution is -2.07. The Morgan fingerprint density at radius 3 is 2.52 bits per heavy atom. The van der Waals surface area contributed by atoms with Crippen molar-refractivity contribution in [3.63, 3.8) is 0 Å². The molecule has 0 N–H and O–H groups in total. The largest absolute Gasteiger partial charge is 0.494 e. The molecule has 0 atom stereocenters. The first-order valence-corrected chi connectivity index (χ1v) is 11.0. The topological polar surface area (TPSA) is 69.9 Å². The SMILES string of the molecule is CCOc1ccc(C(=O)CSc2nnc(-c3cccnc3)n2Cc2ccccc2)cc1. The van der Waals surface area contributed by atoms with Crippen LogP contribution < -0.4 is 4.74 Å². The zero-order valence-corrected chi connectivity index (χ0v) is 18.0. The Morgan fingerprint density at radius 1 is 1.00 bits per heavy atom. The Bertz CT molecular complexity index is 1130. The van der Waals surface area contributed by atoms with Crippen LogP contribution >= 0.6 is 11.8 Å². The molecule has 7 heteroatoms. The van der Waals surface area contributed by atoms with Crippen LogP contribution in [0, 0.1) is 0 Å². The van der Waals surface area contributed by atoms with Crippen LogP contribution in [0.3, 0.4) is 0 Å². The van der Waals surface area contributed by atoms with Crippen molar-refractivity contribution in [3.8, 4) is 17.1 Å². The molecule has 0 radical (unpaired) electrons. The summed E-state index contributed by atoms with van der Waals surface area (Å²) in [5.74, 6) is 1.79. The fourth-order valence-corrected chi connectivity index (χ4v) is 3.96. The lowest BCUT2D eigenvalue weighted by atomic mass is 10.1. The molecular formula is C24H22N4O2S. The summed E-state index contributed by atoms with van der Waals surface area (Å²) in [5, 5.41) is 9.45. The molecule has 0 aliphatic carbocycles. The molecule has 2 heterocycles. The number of ether oxygens (including phenoxy) is 1. The van der Waals surface area contributed by atoms with E-state index in [0.29, 0.717) is 23.9 Å². The van der Waals surface area contributed by atoms with Crippen LogP contribution in [0.25, 0.3) is 11.4 Å². The van der Waals surface area contributed by atoms with Crippen molar-refractivity contribution >= 4 is 17.5 Å². The van der Waals surface area contributed by atoms with E-state index in [0.717, 1.165) is 22.7 Å². The van der Waals surface area contributed by atoms with Crippen LogP contribution in [0.5, 0.6) is 5.75 Å². The highest BCUT2D eigenvalue weighted by Crippen LogP contribution is 2.25. The van der Waals surface area contributed by atoms with E-state index < -0.39 is 0 Å². The Balaban J connectivity index is 1.54. The summed E-state index contributed by atoms with van der Waals surface area (Å²) in [5.41, 5.74) is 2.67. The molecule has 156 valence electrons. The summed E-state index contributed by atoms with van der Waals surface area (Å²) < 4.78 is 7.47. The maximum absolute atomic E-state index is 12.7. The summed E-state index contributed by atoms with van der Waals surface area (Å²) in [6.45, 7) is 3.14. The molecule has 0 saturated carbocycles. The van der Waals surface area contributed by atoms with E-state index in [1.165, 1.54) is 11.8 Å². The molecular weight excluding hydrogens is 408 g/mol. The number of nitrogens with zero attached hydrogens (tertiary/aromatic N) is 4. The lowest BCUT2D eigenvalue weighted by Gasteiger charge is -2.10. The van der Waals surface area contributed by atoms with Gasteiger partial charge in [0.15, 0.2) is 16.8 Å². The Kier molecular flexibility index (Phi) is 6.74. The number of aromatic nitrogens is 4. The van der Waals surface area contributed by atoms with Gasteiger partial charge in [-0.1, -0.05) is 42.1 Å². The second-order valence-corrected chi connectivity index (χ2v) is 7.73. The fourth-order valence-electron chi connectivity index (χ4n) is 3.13. The maximum atomic E-state index is 12.7. The van der Waals surface area contributed by atoms with Crippen molar-refractivity contribution in [1.82, 2.24) is 19.7 Å². The Morgan fingerprint density at radius 2 is 1.81 bits per heavy atom. The molecule has 6 nitrogen and oxygen atoms in total. The minimum absolute atomic E-state index is 0.0326. The average Bonchev–Trinajstić information content (AvgIpc) is 3.22. The standard InChI is InChI=1S/C24H22N4O2S/c1-2-30-21-12-10-19(11-13-21)22(29)17-31-24-27-26-23(20-9-6-14-25-15-20)28(24)16-18-7-4-3-5-8-18/h3-15H,2,16-17H2,1H3. The van der Waals surface area contributed by atoms with E-state index in [-0.39, 0.29) is 11.5 Å². The van der Waals surface area contributed by atoms with Gasteiger partial charge >= 0.3 is 0 Å². The lowest BCUT2D eigenvalue weighted by molar-refractivity contribution is 0.102. The second-order valence-electron chi connectivity index (χ2n) is 6.79. The third kappa shape index (κ3) is 5.19. The zero-order chi connectivity index (χ0) is 21.5. The number of ketones is 1. The first-order valence-electron chi connectivity index (χ1n) is 10.0. The number of rotatable bonds is 9. The van der Waals surface area contributed by atoms with Gasteiger partial charge in [-0.25, -0.2) is 0 Å². The quantitative estimate of drug-likeness (QED) is 0.282. The van der Waals surface area contributed by atoms with E-state index >= 15 is 0 Å². The number of pyridine rings is 1. The number of carbonyl (C=O) groups is 1. The van der Waals surface area contributed by atoms with E-state index in [4.69, 9.17) is 4.74 Å². The van der Waals surface area contributed by atoms with E-state index in [9.17, 15) is 4.79 Å². The number of thioether (sulfide) groups is 1. The summed E-state index contributed by atoms with van der Waals surface area (Å²) in [6, 6.07) is 21.2. The molecule has 0 fully saturated rings. The van der Waals surface area contributed by atoms with Crippen molar-refractivity contribution in [2.75, 3.05) is 12.4 Å². The third-order valence-electron chi connectivity index (χ3n) is 4.64. The fraction of sp³-hybridized carbons (Fsp3) is 0.167. The van der Waals surface area contributed by atoms with Gasteiger partial charge in [0.1, 0.15) is 5.75 Å². The highest BCUT2D eigenvalue weighted by molar-refractivity contribution is 7.99. The average molecular weight is 431 g/mol.